The lowest BCUT2D eigenvalue weighted by molar-refractivity contribution is -0.385. The van der Waals surface area contributed by atoms with E-state index in [0.717, 1.165) is 38.4 Å². The lowest BCUT2D eigenvalue weighted by atomic mass is 10.1. The molecular formula is C25H24ClN3O6. The van der Waals surface area contributed by atoms with E-state index < -0.39 is 4.92 Å². The van der Waals surface area contributed by atoms with Crippen LogP contribution in [0.4, 0.5) is 11.4 Å². The van der Waals surface area contributed by atoms with Gasteiger partial charge in [0, 0.05) is 42.0 Å². The molecule has 0 radical (unpaired) electrons. The quantitative estimate of drug-likeness (QED) is 0.339. The average Bonchev–Trinajstić information content (AvgIpc) is 2.86. The maximum Gasteiger partial charge on any atom is 0.313 e. The molecule has 0 bridgehead atoms. The fourth-order valence-electron chi connectivity index (χ4n) is 3.70. The van der Waals surface area contributed by atoms with Gasteiger partial charge in [-0.1, -0.05) is 23.7 Å². The minimum Gasteiger partial charge on any atom is -0.493 e. The number of hydrogen-bond donors (Lipinski definition) is 1. The van der Waals surface area contributed by atoms with Crippen molar-refractivity contribution in [1.29, 1.82) is 0 Å². The third kappa shape index (κ3) is 6.27. The summed E-state index contributed by atoms with van der Waals surface area (Å²) >= 11 is 5.87. The highest BCUT2D eigenvalue weighted by Gasteiger charge is 2.19. The molecule has 35 heavy (non-hydrogen) atoms. The Morgan fingerprint density at radius 2 is 1.86 bits per heavy atom. The van der Waals surface area contributed by atoms with Crippen molar-refractivity contribution in [3.8, 4) is 17.2 Å². The van der Waals surface area contributed by atoms with E-state index in [1.165, 1.54) is 37.4 Å². The summed E-state index contributed by atoms with van der Waals surface area (Å²) in [5.41, 5.74) is 1.84. The first-order chi connectivity index (χ1) is 16.9. The van der Waals surface area contributed by atoms with Crippen molar-refractivity contribution in [2.75, 3.05) is 38.7 Å². The zero-order valence-electron chi connectivity index (χ0n) is 19.0. The molecule has 0 aliphatic carbocycles. The molecule has 9 nitrogen and oxygen atoms in total. The number of rotatable bonds is 8. The lowest BCUT2D eigenvalue weighted by Crippen LogP contribution is -2.35. The highest BCUT2D eigenvalue weighted by Crippen LogP contribution is 2.38. The molecular weight excluding hydrogens is 474 g/mol. The molecule has 1 fully saturated rings. The summed E-state index contributed by atoms with van der Waals surface area (Å²) in [6, 6.07) is 16.4. The van der Waals surface area contributed by atoms with E-state index in [-0.39, 0.29) is 33.9 Å². The second-order valence-electron chi connectivity index (χ2n) is 7.88. The van der Waals surface area contributed by atoms with Gasteiger partial charge >= 0.3 is 5.69 Å². The Kier molecular flexibility index (Phi) is 7.81. The molecule has 3 aromatic rings. The number of anilines is 1. The van der Waals surface area contributed by atoms with Crippen LogP contribution in [0, 0.1) is 10.1 Å². The summed E-state index contributed by atoms with van der Waals surface area (Å²) in [5.74, 6) is 0.160. The van der Waals surface area contributed by atoms with Gasteiger partial charge in [-0.2, -0.15) is 0 Å². The van der Waals surface area contributed by atoms with Crippen molar-refractivity contribution in [1.82, 2.24) is 4.90 Å². The van der Waals surface area contributed by atoms with Crippen molar-refractivity contribution in [3.05, 3.63) is 86.9 Å². The molecule has 1 saturated heterocycles. The zero-order valence-corrected chi connectivity index (χ0v) is 19.8. The summed E-state index contributed by atoms with van der Waals surface area (Å²) in [4.78, 5) is 26.0. The van der Waals surface area contributed by atoms with E-state index in [2.05, 4.69) is 10.2 Å². The number of nitro groups is 1. The Hall–Kier alpha value is -3.66. The van der Waals surface area contributed by atoms with Crippen LogP contribution in [-0.4, -0.2) is 49.1 Å². The topological polar surface area (TPSA) is 103 Å². The number of halogens is 1. The molecule has 1 N–H and O–H groups in total. The smallest absolute Gasteiger partial charge is 0.313 e. The normalized spacial score (nSPS) is 13.8. The Morgan fingerprint density at radius 3 is 2.60 bits per heavy atom. The van der Waals surface area contributed by atoms with Crippen LogP contribution < -0.4 is 14.8 Å². The van der Waals surface area contributed by atoms with Crippen molar-refractivity contribution in [2.45, 2.75) is 6.54 Å². The van der Waals surface area contributed by atoms with Crippen LogP contribution in [0.2, 0.25) is 5.02 Å². The average molecular weight is 498 g/mol. The van der Waals surface area contributed by atoms with Crippen LogP contribution in [0.3, 0.4) is 0 Å². The predicted molar refractivity (Wildman–Crippen MR) is 132 cm³/mol. The molecule has 0 atom stereocenters. The molecule has 182 valence electrons. The molecule has 1 amide bonds. The van der Waals surface area contributed by atoms with Gasteiger partial charge in [0.15, 0.2) is 11.5 Å². The van der Waals surface area contributed by atoms with Crippen LogP contribution in [0.1, 0.15) is 15.9 Å². The van der Waals surface area contributed by atoms with Crippen LogP contribution in [0.5, 0.6) is 17.2 Å². The number of nitrogens with zero attached hydrogens (tertiary/aromatic N) is 2. The van der Waals surface area contributed by atoms with E-state index in [9.17, 15) is 14.9 Å². The zero-order chi connectivity index (χ0) is 24.8. The van der Waals surface area contributed by atoms with E-state index >= 15 is 0 Å². The van der Waals surface area contributed by atoms with Crippen molar-refractivity contribution >= 4 is 28.9 Å². The monoisotopic (exact) mass is 497 g/mol. The van der Waals surface area contributed by atoms with E-state index in [4.69, 9.17) is 25.8 Å². The molecule has 0 saturated carbocycles. The van der Waals surface area contributed by atoms with Crippen LogP contribution in [0.15, 0.2) is 60.7 Å². The van der Waals surface area contributed by atoms with Gasteiger partial charge in [0.2, 0.25) is 5.75 Å². The maximum atomic E-state index is 12.9. The number of carbonyl (C=O) groups is 1. The number of nitrogens with one attached hydrogen (secondary N) is 1. The summed E-state index contributed by atoms with van der Waals surface area (Å²) < 4.78 is 16.5. The van der Waals surface area contributed by atoms with Crippen LogP contribution in [-0.2, 0) is 11.3 Å². The van der Waals surface area contributed by atoms with Gasteiger partial charge in [-0.15, -0.1) is 0 Å². The number of ether oxygens (including phenoxy) is 3. The summed E-state index contributed by atoms with van der Waals surface area (Å²) in [6.07, 6.45) is 0. The highest BCUT2D eigenvalue weighted by atomic mass is 35.5. The number of benzene rings is 3. The first-order valence-electron chi connectivity index (χ1n) is 10.9. The Morgan fingerprint density at radius 1 is 1.09 bits per heavy atom. The summed E-state index contributed by atoms with van der Waals surface area (Å²) in [6.45, 7) is 3.99. The molecule has 10 heteroatoms. The van der Waals surface area contributed by atoms with Gasteiger partial charge in [-0.05, 0) is 48.0 Å². The Balaban J connectivity index is 1.48. The molecule has 0 aromatic heterocycles. The van der Waals surface area contributed by atoms with Gasteiger partial charge < -0.3 is 19.5 Å². The van der Waals surface area contributed by atoms with Gasteiger partial charge in [0.05, 0.1) is 25.2 Å². The Labute approximate surface area is 207 Å². The van der Waals surface area contributed by atoms with Crippen molar-refractivity contribution in [3.63, 3.8) is 0 Å². The van der Waals surface area contributed by atoms with Crippen molar-refractivity contribution < 1.29 is 23.9 Å². The fourth-order valence-corrected chi connectivity index (χ4v) is 3.87. The summed E-state index contributed by atoms with van der Waals surface area (Å²) in [7, 11) is 1.43. The fraction of sp³-hybridized carbons (Fsp3) is 0.240. The minimum atomic E-state index is -0.581. The number of nitro benzene ring substituents is 1. The van der Waals surface area contributed by atoms with E-state index in [1.807, 2.05) is 24.3 Å². The third-order valence-electron chi connectivity index (χ3n) is 5.46. The molecule has 1 aliphatic rings. The number of carbonyl (C=O) groups excluding carboxylic acids is 1. The van der Waals surface area contributed by atoms with Gasteiger partial charge in [0.25, 0.3) is 5.91 Å². The van der Waals surface area contributed by atoms with Gasteiger partial charge in [0.1, 0.15) is 0 Å². The second kappa shape index (κ2) is 11.2. The highest BCUT2D eigenvalue weighted by molar-refractivity contribution is 6.30. The molecule has 0 unspecified atom stereocenters. The Bertz CT molecular complexity index is 1230. The molecule has 1 heterocycles. The van der Waals surface area contributed by atoms with Gasteiger partial charge in [-0.3, -0.25) is 19.8 Å². The first-order valence-corrected chi connectivity index (χ1v) is 11.3. The largest absolute Gasteiger partial charge is 0.493 e. The van der Waals surface area contributed by atoms with Crippen LogP contribution >= 0.6 is 11.6 Å². The third-order valence-corrected chi connectivity index (χ3v) is 5.69. The minimum absolute atomic E-state index is 0.00647. The standard InChI is InChI=1S/C25H24ClN3O6/c1-33-24-14-18(5-7-23(24)35-22-8-6-19(26)15-21(22)29(31)32)25(30)27-20-4-2-3-17(13-20)16-28-9-11-34-12-10-28/h2-8,13-15H,9-12,16H2,1H3,(H,27,30). The predicted octanol–water partition coefficient (Wildman–Crippen LogP) is 5.13. The van der Waals surface area contributed by atoms with Crippen LogP contribution in [0.25, 0.3) is 0 Å². The summed E-state index contributed by atoms with van der Waals surface area (Å²) in [5, 5.41) is 14.5. The molecule has 4 rings (SSSR count). The first kappa shape index (κ1) is 24.5. The number of morpholine rings is 1. The lowest BCUT2D eigenvalue weighted by Gasteiger charge is -2.26. The SMILES string of the molecule is COc1cc(C(=O)Nc2cccc(CN3CCOCC3)c2)ccc1Oc1ccc(Cl)cc1[N+](=O)[O-]. The maximum absolute atomic E-state index is 12.9. The number of hydrogen-bond acceptors (Lipinski definition) is 7. The number of amides is 1. The van der Waals surface area contributed by atoms with E-state index in [0.29, 0.717) is 11.3 Å². The molecule has 1 aliphatic heterocycles. The van der Waals surface area contributed by atoms with E-state index in [1.54, 1.807) is 6.07 Å². The van der Waals surface area contributed by atoms with Crippen molar-refractivity contribution in [2.24, 2.45) is 0 Å². The van der Waals surface area contributed by atoms with Gasteiger partial charge in [-0.25, -0.2) is 0 Å². The second-order valence-corrected chi connectivity index (χ2v) is 8.32. The molecule has 0 spiro atoms. The number of methoxy groups -OCH3 is 1. The molecule has 3 aromatic carbocycles.